The second-order valence-electron chi connectivity index (χ2n) is 7.95. The molecule has 0 aliphatic rings. The maximum Gasteiger partial charge on any atom is 0.356 e. The molecule has 0 radical (unpaired) electrons. The van der Waals surface area contributed by atoms with E-state index in [9.17, 15) is 14.4 Å². The van der Waals surface area contributed by atoms with Gasteiger partial charge in [-0.05, 0) is 35.2 Å². The minimum Gasteiger partial charge on any atom is -0.495 e. The lowest BCUT2D eigenvalue weighted by atomic mass is 9.97. The molecule has 4 aromatic rings. The van der Waals surface area contributed by atoms with Gasteiger partial charge in [0.2, 0.25) is 0 Å². The van der Waals surface area contributed by atoms with Crippen molar-refractivity contribution >= 4 is 51.5 Å². The van der Waals surface area contributed by atoms with E-state index < -0.39 is 18.5 Å². The quantitative estimate of drug-likeness (QED) is 0.318. The Hall–Kier alpha value is -4.01. The molecule has 190 valence electrons. The summed E-state index contributed by atoms with van der Waals surface area (Å²) in [4.78, 5) is 39.0. The summed E-state index contributed by atoms with van der Waals surface area (Å²) in [5, 5.41) is 4.39. The lowest BCUT2D eigenvalue weighted by molar-refractivity contribution is -0.119. The number of hydrogen-bond acceptors (Lipinski definition) is 6. The van der Waals surface area contributed by atoms with Gasteiger partial charge in [-0.2, -0.15) is 0 Å². The van der Waals surface area contributed by atoms with Gasteiger partial charge in [-0.25, -0.2) is 4.79 Å². The van der Waals surface area contributed by atoms with E-state index >= 15 is 0 Å². The fraction of sp³-hybridized carbons (Fsp3) is 0.148. The van der Waals surface area contributed by atoms with Crippen molar-refractivity contribution in [2.75, 3.05) is 26.1 Å². The Morgan fingerprint density at radius 1 is 0.919 bits per heavy atom. The van der Waals surface area contributed by atoms with E-state index in [-0.39, 0.29) is 22.0 Å². The molecule has 0 aliphatic carbocycles. The topological polar surface area (TPSA) is 95.9 Å². The van der Waals surface area contributed by atoms with Gasteiger partial charge < -0.3 is 24.1 Å². The number of carbonyl (C=O) groups is 2. The number of rotatable bonds is 7. The maximum absolute atomic E-state index is 13.3. The van der Waals surface area contributed by atoms with Gasteiger partial charge in [0, 0.05) is 29.1 Å². The third kappa shape index (κ3) is 5.26. The van der Waals surface area contributed by atoms with Gasteiger partial charge in [-0.3, -0.25) is 9.59 Å². The summed E-state index contributed by atoms with van der Waals surface area (Å²) in [5.74, 6) is -0.797. The van der Waals surface area contributed by atoms with Crippen molar-refractivity contribution in [3.8, 4) is 22.6 Å². The SMILES string of the molecule is COc1cc(OC)c(NC(=O)COC(=O)c2c(-c3ccc(Cl)cc3)c3ccccc3c(=O)n2C)cc1Cl. The Morgan fingerprint density at radius 3 is 2.22 bits per heavy atom. The molecule has 0 fully saturated rings. The van der Waals surface area contributed by atoms with Crippen LogP contribution >= 0.6 is 23.2 Å². The average Bonchev–Trinajstić information content (AvgIpc) is 2.90. The Balaban J connectivity index is 1.66. The number of carbonyl (C=O) groups excluding carboxylic acids is 2. The van der Waals surface area contributed by atoms with Crippen LogP contribution in [0.3, 0.4) is 0 Å². The molecule has 0 atom stereocenters. The molecule has 37 heavy (non-hydrogen) atoms. The van der Waals surface area contributed by atoms with Gasteiger partial charge in [0.1, 0.15) is 17.2 Å². The standard InChI is InChI=1S/C27H22Cl2N2O6/c1-31-25(24(15-8-10-16(28)11-9-15)17-6-4-5-7-18(17)26(31)33)27(34)37-14-23(32)30-20-12-19(29)21(35-2)13-22(20)36-3/h4-13H,14H2,1-3H3,(H,30,32). The normalized spacial score (nSPS) is 10.7. The minimum absolute atomic E-state index is 0.00361. The molecule has 8 nitrogen and oxygen atoms in total. The van der Waals surface area contributed by atoms with Crippen LogP contribution in [-0.4, -0.2) is 37.3 Å². The minimum atomic E-state index is -0.842. The van der Waals surface area contributed by atoms with Crippen LogP contribution in [0.2, 0.25) is 10.0 Å². The Bertz CT molecular complexity index is 1560. The van der Waals surface area contributed by atoms with E-state index in [1.165, 1.54) is 38.0 Å². The average molecular weight is 541 g/mol. The molecule has 0 spiro atoms. The van der Waals surface area contributed by atoms with Crippen LogP contribution in [0.25, 0.3) is 21.9 Å². The van der Waals surface area contributed by atoms with Crippen molar-refractivity contribution < 1.29 is 23.8 Å². The smallest absolute Gasteiger partial charge is 0.356 e. The zero-order valence-electron chi connectivity index (χ0n) is 20.1. The first-order valence-electron chi connectivity index (χ1n) is 11.0. The van der Waals surface area contributed by atoms with Gasteiger partial charge in [0.25, 0.3) is 11.5 Å². The zero-order valence-corrected chi connectivity index (χ0v) is 21.6. The zero-order chi connectivity index (χ0) is 26.7. The molecule has 3 aromatic carbocycles. The van der Waals surface area contributed by atoms with E-state index in [2.05, 4.69) is 5.32 Å². The number of fused-ring (bicyclic) bond motifs is 1. The number of methoxy groups -OCH3 is 2. The largest absolute Gasteiger partial charge is 0.495 e. The molecule has 0 saturated carbocycles. The molecule has 0 saturated heterocycles. The molecule has 1 heterocycles. The van der Waals surface area contributed by atoms with Crippen molar-refractivity contribution in [1.82, 2.24) is 4.57 Å². The Labute approximate surface area is 222 Å². The highest BCUT2D eigenvalue weighted by molar-refractivity contribution is 6.32. The van der Waals surface area contributed by atoms with Crippen molar-refractivity contribution in [1.29, 1.82) is 0 Å². The van der Waals surface area contributed by atoms with E-state index in [4.69, 9.17) is 37.4 Å². The molecule has 1 N–H and O–H groups in total. The highest BCUT2D eigenvalue weighted by atomic mass is 35.5. The first-order chi connectivity index (χ1) is 17.7. The fourth-order valence-electron chi connectivity index (χ4n) is 3.96. The van der Waals surface area contributed by atoms with Crippen LogP contribution < -0.4 is 20.3 Å². The van der Waals surface area contributed by atoms with E-state index in [0.717, 1.165) is 0 Å². The predicted octanol–water partition coefficient (Wildman–Crippen LogP) is 5.33. The maximum atomic E-state index is 13.3. The monoisotopic (exact) mass is 540 g/mol. The van der Waals surface area contributed by atoms with Crippen molar-refractivity contribution in [3.05, 3.63) is 86.8 Å². The number of nitrogens with one attached hydrogen (secondary N) is 1. The molecule has 1 amide bonds. The van der Waals surface area contributed by atoms with Gasteiger partial charge in [0.15, 0.2) is 6.61 Å². The van der Waals surface area contributed by atoms with E-state index in [1.54, 1.807) is 48.5 Å². The van der Waals surface area contributed by atoms with Crippen molar-refractivity contribution in [2.45, 2.75) is 0 Å². The van der Waals surface area contributed by atoms with Crippen LogP contribution in [0.4, 0.5) is 5.69 Å². The number of amides is 1. The van der Waals surface area contributed by atoms with Gasteiger partial charge in [-0.1, -0.05) is 53.5 Å². The summed E-state index contributed by atoms with van der Waals surface area (Å²) in [6, 6.07) is 16.8. The van der Waals surface area contributed by atoms with Crippen LogP contribution in [-0.2, 0) is 16.6 Å². The van der Waals surface area contributed by atoms with Crippen LogP contribution in [0, 0.1) is 0 Å². The number of esters is 1. The second-order valence-corrected chi connectivity index (χ2v) is 8.80. The summed E-state index contributed by atoms with van der Waals surface area (Å²) in [7, 11) is 4.36. The molecule has 1 aromatic heterocycles. The number of halogens is 2. The van der Waals surface area contributed by atoms with Crippen LogP contribution in [0.15, 0.2) is 65.5 Å². The van der Waals surface area contributed by atoms with Crippen molar-refractivity contribution in [3.63, 3.8) is 0 Å². The number of benzene rings is 3. The van der Waals surface area contributed by atoms with Crippen LogP contribution in [0.1, 0.15) is 10.5 Å². The Kier molecular flexibility index (Phi) is 7.71. The first kappa shape index (κ1) is 26.1. The number of anilines is 1. The number of hydrogen-bond donors (Lipinski definition) is 1. The predicted molar refractivity (Wildman–Crippen MR) is 143 cm³/mol. The number of aromatic nitrogens is 1. The van der Waals surface area contributed by atoms with Crippen molar-refractivity contribution in [2.24, 2.45) is 7.05 Å². The summed E-state index contributed by atoms with van der Waals surface area (Å²) in [6.07, 6.45) is 0. The summed E-state index contributed by atoms with van der Waals surface area (Å²) in [5.41, 5.74) is 1.05. The van der Waals surface area contributed by atoms with Gasteiger partial charge in [-0.15, -0.1) is 0 Å². The molecule has 0 bridgehead atoms. The van der Waals surface area contributed by atoms with E-state index in [0.29, 0.717) is 38.4 Å². The second kappa shape index (κ2) is 10.9. The lowest BCUT2D eigenvalue weighted by Crippen LogP contribution is -2.28. The molecule has 4 rings (SSSR count). The summed E-state index contributed by atoms with van der Waals surface area (Å²) < 4.78 is 17.0. The molecule has 0 aliphatic heterocycles. The highest BCUT2D eigenvalue weighted by Gasteiger charge is 2.24. The molecular weight excluding hydrogens is 519 g/mol. The summed E-state index contributed by atoms with van der Waals surface area (Å²) >= 11 is 12.2. The first-order valence-corrected chi connectivity index (χ1v) is 11.8. The number of nitrogens with zero attached hydrogens (tertiary/aromatic N) is 1. The number of ether oxygens (including phenoxy) is 3. The van der Waals surface area contributed by atoms with Gasteiger partial charge in [0.05, 0.1) is 24.9 Å². The molecule has 0 unspecified atom stereocenters. The van der Waals surface area contributed by atoms with Gasteiger partial charge >= 0.3 is 5.97 Å². The Morgan fingerprint density at radius 2 is 1.57 bits per heavy atom. The molecule has 10 heteroatoms. The lowest BCUT2D eigenvalue weighted by Gasteiger charge is -2.17. The van der Waals surface area contributed by atoms with E-state index in [1.807, 2.05) is 0 Å². The fourth-order valence-corrected chi connectivity index (χ4v) is 4.32. The van der Waals surface area contributed by atoms with Crippen LogP contribution in [0.5, 0.6) is 11.5 Å². The summed E-state index contributed by atoms with van der Waals surface area (Å²) in [6.45, 7) is -0.618. The third-order valence-electron chi connectivity index (χ3n) is 5.71. The highest BCUT2D eigenvalue weighted by Crippen LogP contribution is 2.36. The number of pyridine rings is 1. The third-order valence-corrected chi connectivity index (χ3v) is 6.26. The molecular formula is C27H22Cl2N2O6.